The quantitative estimate of drug-likeness (QED) is 0.0655. The van der Waals surface area contributed by atoms with Gasteiger partial charge in [-0.25, -0.2) is 15.0 Å². The van der Waals surface area contributed by atoms with Gasteiger partial charge in [0, 0.05) is 59.2 Å². The van der Waals surface area contributed by atoms with Crippen LogP contribution in [0.1, 0.15) is 189 Å². The summed E-state index contributed by atoms with van der Waals surface area (Å²) in [5, 5.41) is 24.7. The third kappa shape index (κ3) is 11.3. The minimum atomic E-state index is -0.846. The lowest BCUT2D eigenvalue weighted by Gasteiger charge is -2.17. The summed E-state index contributed by atoms with van der Waals surface area (Å²) >= 11 is 0. The van der Waals surface area contributed by atoms with Crippen LogP contribution in [-0.2, 0) is 14.3 Å². The first-order valence-corrected chi connectivity index (χ1v) is 23.9. The number of aliphatic hydroxyl groups excluding tert-OH is 1. The third-order valence-electron chi connectivity index (χ3n) is 13.6. The number of aliphatic hydroxyl groups is 1. The lowest BCUT2D eigenvalue weighted by molar-refractivity contribution is -0.139. The number of nitrogens with zero attached hydrogens (tertiary/aromatic N) is 3. The number of carbonyl (C=O) groups is 2. The van der Waals surface area contributed by atoms with Crippen molar-refractivity contribution in [2.24, 2.45) is 26.8 Å². The predicted octanol–water partition coefficient (Wildman–Crippen LogP) is 13.5. The number of esters is 1. The van der Waals surface area contributed by atoms with Crippen molar-refractivity contribution in [1.29, 1.82) is 0 Å². The fourth-order valence-corrected chi connectivity index (χ4v) is 9.83. The molecule has 1 saturated heterocycles. The van der Waals surface area contributed by atoms with E-state index in [9.17, 15) is 19.8 Å². The van der Waals surface area contributed by atoms with Crippen LogP contribution in [0.2, 0.25) is 0 Å². The van der Waals surface area contributed by atoms with E-state index in [0.29, 0.717) is 36.4 Å². The molecule has 5 aliphatic heterocycles. The van der Waals surface area contributed by atoms with Gasteiger partial charge in [-0.2, -0.15) is 0 Å². The molecule has 2 atom stereocenters. The van der Waals surface area contributed by atoms with Crippen molar-refractivity contribution < 1.29 is 24.5 Å². The number of aliphatic carboxylic acids is 1. The molecule has 8 bridgehead atoms. The van der Waals surface area contributed by atoms with E-state index >= 15 is 0 Å². The highest BCUT2D eigenvalue weighted by molar-refractivity contribution is 6.21. The van der Waals surface area contributed by atoms with Crippen LogP contribution in [0.5, 0.6) is 0 Å². The predicted molar refractivity (Wildman–Crippen MR) is 248 cm³/mol. The Morgan fingerprint density at radius 2 is 1.30 bits per heavy atom. The first kappa shape index (κ1) is 46.0. The Balaban J connectivity index is 1.10. The maximum atomic E-state index is 13.5. The zero-order valence-electron chi connectivity index (χ0n) is 38.1. The normalized spacial score (nSPS) is 20.7. The summed E-state index contributed by atoms with van der Waals surface area (Å²) in [6, 6.07) is 0. The van der Waals surface area contributed by atoms with Crippen LogP contribution >= 0.6 is 0 Å². The number of allylic oxidation sites excluding steroid dienone is 11. The molecule has 6 aliphatic rings. The number of carboxylic acid groups (broad SMARTS) is 1. The Labute approximate surface area is 365 Å². The van der Waals surface area contributed by atoms with E-state index in [0.717, 1.165) is 93.3 Å². The molecule has 0 saturated carbocycles. The van der Waals surface area contributed by atoms with E-state index in [4.69, 9.17) is 19.7 Å². The van der Waals surface area contributed by atoms with Gasteiger partial charge < -0.3 is 20.3 Å². The van der Waals surface area contributed by atoms with Gasteiger partial charge >= 0.3 is 11.9 Å². The maximum Gasteiger partial charge on any atom is 0.311 e. The summed E-state index contributed by atoms with van der Waals surface area (Å²) in [5.41, 5.74) is 11.6. The Kier molecular flexibility index (Phi) is 16.6. The Morgan fingerprint density at radius 3 is 1.89 bits per heavy atom. The highest BCUT2D eigenvalue weighted by Crippen LogP contribution is 2.46. The molecule has 61 heavy (non-hydrogen) atoms. The second-order valence-electron chi connectivity index (χ2n) is 18.1. The number of aliphatic imine (C=N–C) groups is 3. The highest BCUT2D eigenvalue weighted by Gasteiger charge is 2.41. The Morgan fingerprint density at radius 1 is 0.721 bits per heavy atom. The summed E-state index contributed by atoms with van der Waals surface area (Å²) in [5.74, 6) is -0.550. The van der Waals surface area contributed by atoms with Crippen LogP contribution in [-0.4, -0.2) is 39.3 Å². The Bertz CT molecular complexity index is 2060. The average Bonchev–Trinajstić information content (AvgIpc) is 3.99. The fraction of sp³-hybridized carbons (Fsp3) is 0.596. The van der Waals surface area contributed by atoms with Gasteiger partial charge in [-0.15, -0.1) is 0 Å². The number of hydrogen-bond acceptors (Lipinski definition) is 8. The minimum absolute atomic E-state index is 0.0199. The van der Waals surface area contributed by atoms with Crippen molar-refractivity contribution in [2.45, 2.75) is 189 Å². The van der Waals surface area contributed by atoms with Gasteiger partial charge in [0.2, 0.25) is 0 Å². The molecule has 0 aromatic rings. The second-order valence-corrected chi connectivity index (χ2v) is 18.1. The number of nitrogens with one attached hydrogen (secondary N) is 1. The molecule has 0 spiro atoms. The van der Waals surface area contributed by atoms with Crippen LogP contribution < -0.4 is 5.32 Å². The van der Waals surface area contributed by atoms with E-state index in [-0.39, 0.29) is 30.0 Å². The molecule has 0 radical (unpaired) electrons. The molecule has 330 valence electrons. The van der Waals surface area contributed by atoms with Crippen LogP contribution in [0, 0.1) is 11.8 Å². The maximum absolute atomic E-state index is 13.5. The minimum Gasteiger partial charge on any atom is -0.511 e. The second kappa shape index (κ2) is 22.0. The van der Waals surface area contributed by atoms with Crippen molar-refractivity contribution in [3.63, 3.8) is 0 Å². The van der Waals surface area contributed by atoms with Crippen molar-refractivity contribution in [1.82, 2.24) is 5.32 Å². The molecule has 0 amide bonds. The standard InChI is InChI=1S/C52H72N4O5/c1-7-9-10-11-12-13-14-15-16-17-18-19-20-21-22-23-24-25-26-48(60)61-52-36(6)43-30-41-34(4)38(27-28-47(58)59)50(55-41)39-29-46(57)49-35(5)42(56-51(39)49)31-44-37(8-2)33(3)40(53-44)32-45(52)54-43/h30-32,34,38,55,57H,7-29H2,1-6H3,(H,58,59)/t34-,38-/m0/s1. The van der Waals surface area contributed by atoms with Gasteiger partial charge in [0.25, 0.3) is 0 Å². The largest absolute Gasteiger partial charge is 0.511 e. The zero-order chi connectivity index (χ0) is 43.5. The van der Waals surface area contributed by atoms with Crippen molar-refractivity contribution in [3.8, 4) is 0 Å². The van der Waals surface area contributed by atoms with E-state index in [1.165, 1.54) is 96.3 Å². The molecule has 9 heteroatoms. The molecule has 6 rings (SSSR count). The Hall–Kier alpha value is -4.53. The van der Waals surface area contributed by atoms with E-state index < -0.39 is 5.97 Å². The third-order valence-corrected chi connectivity index (χ3v) is 13.6. The van der Waals surface area contributed by atoms with Gasteiger partial charge in [0.1, 0.15) is 11.5 Å². The molecule has 3 N–H and O–H groups in total. The summed E-state index contributed by atoms with van der Waals surface area (Å²) in [6.07, 6.45) is 31.2. The van der Waals surface area contributed by atoms with Gasteiger partial charge in [0.05, 0.1) is 28.5 Å². The number of carbonyl (C=O) groups excluding carboxylic acids is 1. The van der Waals surface area contributed by atoms with Gasteiger partial charge in [-0.05, 0) is 75.0 Å². The molecule has 9 nitrogen and oxygen atoms in total. The number of ether oxygens (including phenoxy) is 1. The fourth-order valence-electron chi connectivity index (χ4n) is 9.83. The van der Waals surface area contributed by atoms with Crippen LogP contribution in [0.25, 0.3) is 0 Å². The van der Waals surface area contributed by atoms with Crippen LogP contribution in [0.3, 0.4) is 0 Å². The number of hydrogen-bond donors (Lipinski definition) is 3. The number of unbranched alkanes of at least 4 members (excludes halogenated alkanes) is 17. The summed E-state index contributed by atoms with van der Waals surface area (Å²) in [6.45, 7) is 12.5. The molecule has 0 aromatic carbocycles. The molecular weight excluding hydrogens is 761 g/mol. The number of rotatable bonds is 24. The summed E-state index contributed by atoms with van der Waals surface area (Å²) < 4.78 is 6.20. The highest BCUT2D eigenvalue weighted by atomic mass is 16.5. The average molecular weight is 833 g/mol. The first-order valence-electron chi connectivity index (χ1n) is 23.9. The molecule has 1 aliphatic carbocycles. The van der Waals surface area contributed by atoms with Gasteiger partial charge in [-0.1, -0.05) is 130 Å². The van der Waals surface area contributed by atoms with E-state index in [1.807, 2.05) is 32.1 Å². The van der Waals surface area contributed by atoms with Crippen molar-refractivity contribution >= 4 is 29.1 Å². The molecule has 1 fully saturated rings. The van der Waals surface area contributed by atoms with Gasteiger partial charge in [0.15, 0.2) is 5.76 Å². The van der Waals surface area contributed by atoms with Gasteiger partial charge in [-0.3, -0.25) is 9.59 Å². The van der Waals surface area contributed by atoms with E-state index in [1.54, 1.807) is 0 Å². The van der Waals surface area contributed by atoms with Crippen LogP contribution in [0.4, 0.5) is 0 Å². The first-order chi connectivity index (χ1) is 29.5. The van der Waals surface area contributed by atoms with Crippen LogP contribution in [0.15, 0.2) is 107 Å². The monoisotopic (exact) mass is 833 g/mol. The van der Waals surface area contributed by atoms with E-state index in [2.05, 4.69) is 33.0 Å². The smallest absolute Gasteiger partial charge is 0.311 e. The number of fused-ring (bicyclic) bond motifs is 5. The molecule has 0 aromatic heterocycles. The number of carboxylic acids is 1. The summed E-state index contributed by atoms with van der Waals surface area (Å²) in [7, 11) is 0. The van der Waals surface area contributed by atoms with Crippen molar-refractivity contribution in [3.05, 3.63) is 91.7 Å². The topological polar surface area (TPSA) is 133 Å². The molecule has 5 heterocycles. The molecular formula is C52H72N4O5. The van der Waals surface area contributed by atoms with Crippen molar-refractivity contribution in [2.75, 3.05) is 0 Å². The lowest BCUT2D eigenvalue weighted by atomic mass is 9.86. The SMILES string of the molecule is CCCCCCCCCCCCCCCCCCCCC(=O)OC1=C(C)C2=NC1=CC1=NC(=CC3=C(C)C4=C(O)CC(=C5NC(=C2)[C@@H](C)[C@@H]5CCC(=O)O)C4=N3)C(CC)=C1C. The summed E-state index contributed by atoms with van der Waals surface area (Å²) in [4.78, 5) is 40.5. The zero-order valence-corrected chi connectivity index (χ0v) is 38.1. The lowest BCUT2D eigenvalue weighted by Crippen LogP contribution is -2.15. The molecule has 0 unspecified atom stereocenters.